The van der Waals surface area contributed by atoms with Gasteiger partial charge in [-0.15, -0.1) is 0 Å². The molecule has 186 valence electrons. The first-order valence-corrected chi connectivity index (χ1v) is 11.0. The molecule has 2 atom stereocenters. The Bertz CT molecular complexity index is 1160. The zero-order chi connectivity index (χ0) is 25.9. The van der Waals surface area contributed by atoms with E-state index in [-0.39, 0.29) is 29.5 Å². The van der Waals surface area contributed by atoms with Crippen molar-refractivity contribution in [1.29, 1.82) is 0 Å². The zero-order valence-corrected chi connectivity index (χ0v) is 20.2. The summed E-state index contributed by atoms with van der Waals surface area (Å²) in [6.45, 7) is 5.13. The highest BCUT2D eigenvalue weighted by Gasteiger charge is 2.59. The van der Waals surface area contributed by atoms with Gasteiger partial charge >= 0.3 is 17.9 Å². The smallest absolute Gasteiger partial charge is 0.339 e. The monoisotopic (exact) mass is 484 g/mol. The molecule has 35 heavy (non-hydrogen) atoms. The average Bonchev–Trinajstić information content (AvgIpc) is 3.11. The van der Waals surface area contributed by atoms with Crippen molar-refractivity contribution in [2.24, 2.45) is 0 Å². The van der Waals surface area contributed by atoms with Gasteiger partial charge in [-0.1, -0.05) is 18.2 Å². The second-order valence-electron chi connectivity index (χ2n) is 8.12. The minimum Gasteiger partial charge on any atom is -0.465 e. The largest absolute Gasteiger partial charge is 0.465 e. The fraction of sp³-hybridized carbons (Fsp3) is 0.360. The fourth-order valence-electron chi connectivity index (χ4n) is 4.19. The summed E-state index contributed by atoms with van der Waals surface area (Å²) in [5.41, 5.74) is -1.25. The molecule has 10 heteroatoms. The zero-order valence-electron chi connectivity index (χ0n) is 20.2. The lowest BCUT2D eigenvalue weighted by Crippen LogP contribution is -2.58. The first-order chi connectivity index (χ1) is 16.6. The number of para-hydroxylation sites is 1. The van der Waals surface area contributed by atoms with Crippen LogP contribution >= 0.6 is 0 Å². The van der Waals surface area contributed by atoms with Gasteiger partial charge in [0.05, 0.1) is 43.3 Å². The molecule has 0 aliphatic carbocycles. The van der Waals surface area contributed by atoms with Gasteiger partial charge in [-0.05, 0) is 45.0 Å². The Hall–Kier alpha value is -3.92. The first-order valence-electron chi connectivity index (χ1n) is 11.0. The molecular weight excluding hydrogens is 456 g/mol. The van der Waals surface area contributed by atoms with Gasteiger partial charge in [0, 0.05) is 11.6 Å². The van der Waals surface area contributed by atoms with E-state index in [4.69, 9.17) is 14.2 Å². The van der Waals surface area contributed by atoms with Crippen molar-refractivity contribution in [1.82, 2.24) is 0 Å². The number of hydrogen-bond acceptors (Lipinski definition) is 9. The van der Waals surface area contributed by atoms with Crippen LogP contribution in [0.25, 0.3) is 0 Å². The Labute approximate surface area is 202 Å². The summed E-state index contributed by atoms with van der Waals surface area (Å²) in [7, 11) is 2.38. The number of hydrogen-bond donors (Lipinski definition) is 2. The van der Waals surface area contributed by atoms with Gasteiger partial charge in [-0.3, -0.25) is 4.79 Å². The van der Waals surface area contributed by atoms with Gasteiger partial charge in [0.2, 0.25) is 0 Å². The number of carbonyl (C=O) groups is 4. The van der Waals surface area contributed by atoms with E-state index in [0.29, 0.717) is 11.3 Å². The van der Waals surface area contributed by atoms with E-state index < -0.39 is 35.5 Å². The van der Waals surface area contributed by atoms with Gasteiger partial charge in [0.1, 0.15) is 0 Å². The number of esters is 3. The Balaban J connectivity index is 2.31. The molecule has 2 aromatic carbocycles. The molecule has 0 saturated carbocycles. The first kappa shape index (κ1) is 25.7. The molecule has 0 saturated heterocycles. The third kappa shape index (κ3) is 4.32. The second-order valence-corrected chi connectivity index (χ2v) is 8.12. The predicted octanol–water partition coefficient (Wildman–Crippen LogP) is 2.25. The lowest BCUT2D eigenvalue weighted by atomic mass is 9.84. The third-order valence-electron chi connectivity index (χ3n) is 5.76. The van der Waals surface area contributed by atoms with Crippen LogP contribution in [0.2, 0.25) is 0 Å². The lowest BCUT2D eigenvalue weighted by molar-refractivity contribution is -0.159. The van der Waals surface area contributed by atoms with Gasteiger partial charge in [-0.25, -0.2) is 14.4 Å². The molecule has 0 bridgehead atoms. The van der Waals surface area contributed by atoms with Crippen LogP contribution in [0.15, 0.2) is 42.5 Å². The second kappa shape index (κ2) is 10.1. The van der Waals surface area contributed by atoms with Crippen LogP contribution in [0.3, 0.4) is 0 Å². The van der Waals surface area contributed by atoms with E-state index >= 15 is 0 Å². The van der Waals surface area contributed by atoms with Crippen LogP contribution in [0.4, 0.5) is 11.4 Å². The van der Waals surface area contributed by atoms with E-state index in [1.165, 1.54) is 37.3 Å². The van der Waals surface area contributed by atoms with Gasteiger partial charge in [0.25, 0.3) is 5.91 Å². The summed E-state index contributed by atoms with van der Waals surface area (Å²) in [6, 6.07) is 10.4. The van der Waals surface area contributed by atoms with E-state index in [1.807, 2.05) is 0 Å². The van der Waals surface area contributed by atoms with E-state index in [1.54, 1.807) is 45.0 Å². The number of rotatable bonds is 8. The van der Waals surface area contributed by atoms with Crippen LogP contribution in [0.5, 0.6) is 0 Å². The number of nitrogens with zero attached hydrogens (tertiary/aromatic N) is 1. The summed E-state index contributed by atoms with van der Waals surface area (Å²) in [4.78, 5) is 53.0. The number of methoxy groups -OCH3 is 2. The highest BCUT2D eigenvalue weighted by atomic mass is 16.5. The quantitative estimate of drug-likeness (QED) is 0.428. The van der Waals surface area contributed by atoms with Crippen molar-refractivity contribution >= 4 is 35.2 Å². The predicted molar refractivity (Wildman–Crippen MR) is 126 cm³/mol. The highest BCUT2D eigenvalue weighted by molar-refractivity contribution is 6.13. The SMILES string of the molecule is CCOC(=O)C(O)C1(Nc2cc(C(=O)OC)ccc2C(=O)OC)C(=O)N(C(C)C)c2ccccc21. The Morgan fingerprint density at radius 3 is 2.31 bits per heavy atom. The van der Waals surface area contributed by atoms with Crippen molar-refractivity contribution < 1.29 is 38.5 Å². The van der Waals surface area contributed by atoms with Gasteiger partial charge < -0.3 is 29.5 Å². The average molecular weight is 485 g/mol. The van der Waals surface area contributed by atoms with Gasteiger partial charge in [-0.2, -0.15) is 0 Å². The molecule has 0 fully saturated rings. The molecule has 0 spiro atoms. The maximum absolute atomic E-state index is 14.0. The Morgan fingerprint density at radius 2 is 1.71 bits per heavy atom. The minimum absolute atomic E-state index is 0.0168. The number of anilines is 2. The number of aliphatic hydroxyl groups excluding tert-OH is 1. The molecule has 2 aromatic rings. The van der Waals surface area contributed by atoms with Crippen LogP contribution in [0.1, 0.15) is 47.1 Å². The highest BCUT2D eigenvalue weighted by Crippen LogP contribution is 2.46. The van der Waals surface area contributed by atoms with E-state index in [2.05, 4.69) is 5.32 Å². The standard InChI is InChI=1S/C25H28N2O8/c1-6-35-23(31)20(28)25(17-9-7-8-10-19(17)27(14(2)3)24(25)32)26-18-13-15(21(29)33-4)11-12-16(18)22(30)34-5/h7-14,20,26,28H,6H2,1-5H3. The van der Waals surface area contributed by atoms with Crippen molar-refractivity contribution in [3.05, 3.63) is 59.2 Å². The van der Waals surface area contributed by atoms with Crippen LogP contribution in [-0.4, -0.2) is 61.9 Å². The number of nitrogens with one attached hydrogen (secondary N) is 1. The van der Waals surface area contributed by atoms with E-state index in [9.17, 15) is 24.3 Å². The number of fused-ring (bicyclic) bond motifs is 1. The Kier molecular flexibility index (Phi) is 7.45. The van der Waals surface area contributed by atoms with Crippen molar-refractivity contribution in [3.63, 3.8) is 0 Å². The summed E-state index contributed by atoms with van der Waals surface area (Å²) in [5.74, 6) is -3.11. The molecular formula is C25H28N2O8. The third-order valence-corrected chi connectivity index (χ3v) is 5.76. The fourth-order valence-corrected chi connectivity index (χ4v) is 4.19. The van der Waals surface area contributed by atoms with Crippen LogP contribution in [-0.2, 0) is 29.3 Å². The molecule has 1 aliphatic rings. The number of ether oxygens (including phenoxy) is 3. The molecule has 1 amide bonds. The summed E-state index contributed by atoms with van der Waals surface area (Å²) >= 11 is 0. The van der Waals surface area contributed by atoms with Crippen molar-refractivity contribution in [2.45, 2.75) is 38.5 Å². The van der Waals surface area contributed by atoms with Crippen molar-refractivity contribution in [2.75, 3.05) is 31.0 Å². The molecule has 3 rings (SSSR count). The molecule has 1 heterocycles. The summed E-state index contributed by atoms with van der Waals surface area (Å²) < 4.78 is 14.7. The number of benzene rings is 2. The molecule has 10 nitrogen and oxygen atoms in total. The summed E-state index contributed by atoms with van der Waals surface area (Å²) in [5, 5.41) is 14.2. The number of carbonyl (C=O) groups excluding carboxylic acids is 4. The topological polar surface area (TPSA) is 131 Å². The van der Waals surface area contributed by atoms with Crippen LogP contribution in [0, 0.1) is 0 Å². The number of aliphatic hydroxyl groups is 1. The maximum atomic E-state index is 14.0. The summed E-state index contributed by atoms with van der Waals surface area (Å²) in [6.07, 6.45) is -1.99. The van der Waals surface area contributed by atoms with Gasteiger partial charge in [0.15, 0.2) is 11.6 Å². The lowest BCUT2D eigenvalue weighted by Gasteiger charge is -2.35. The van der Waals surface area contributed by atoms with Crippen molar-refractivity contribution in [3.8, 4) is 0 Å². The minimum atomic E-state index is -2.06. The molecule has 1 aliphatic heterocycles. The maximum Gasteiger partial charge on any atom is 0.339 e. The normalized spacial score (nSPS) is 17.6. The Morgan fingerprint density at radius 1 is 1.06 bits per heavy atom. The molecule has 0 radical (unpaired) electrons. The van der Waals surface area contributed by atoms with E-state index in [0.717, 1.165) is 0 Å². The number of amides is 1. The molecule has 2 N–H and O–H groups in total. The molecule has 0 aromatic heterocycles. The van der Waals surface area contributed by atoms with Crippen LogP contribution < -0.4 is 10.2 Å². The molecule has 2 unspecified atom stereocenters.